The molecule has 0 spiro atoms. The first-order chi connectivity index (χ1) is 14.6. The van der Waals surface area contributed by atoms with Gasteiger partial charge in [0, 0.05) is 28.9 Å². The molecule has 1 fully saturated rings. The summed E-state index contributed by atoms with van der Waals surface area (Å²) in [5, 5.41) is 4.93. The number of piperidine rings is 1. The number of hydrogen-bond donors (Lipinski definition) is 1. The molecule has 1 saturated heterocycles. The van der Waals surface area contributed by atoms with Crippen LogP contribution in [-0.2, 0) is 17.6 Å². The smallest absolute Gasteiger partial charge is 0.419 e. The molecular weight excluding hydrogens is 387 g/mol. The third kappa shape index (κ3) is 4.77. The Labute approximate surface area is 187 Å². The summed E-state index contributed by atoms with van der Waals surface area (Å²) in [6, 6.07) is 7.48. The number of nitrogens with one attached hydrogen (secondary N) is 1. The number of benzene rings is 1. The molecule has 1 unspecified atom stereocenters. The van der Waals surface area contributed by atoms with Crippen LogP contribution in [0.25, 0.3) is 10.9 Å². The molecule has 4 rings (SSSR count). The number of fused-ring (bicyclic) bond motifs is 3. The van der Waals surface area contributed by atoms with Crippen LogP contribution < -0.4 is 5.32 Å². The predicted molar refractivity (Wildman–Crippen MR) is 130 cm³/mol. The van der Waals surface area contributed by atoms with E-state index in [0.29, 0.717) is 12.1 Å². The van der Waals surface area contributed by atoms with Gasteiger partial charge in [0.1, 0.15) is 5.60 Å². The van der Waals surface area contributed by atoms with Crippen molar-refractivity contribution < 1.29 is 9.53 Å². The lowest BCUT2D eigenvalue weighted by atomic mass is 9.89. The molecule has 0 saturated carbocycles. The van der Waals surface area contributed by atoms with E-state index in [9.17, 15) is 4.79 Å². The van der Waals surface area contributed by atoms with Gasteiger partial charge >= 0.3 is 6.09 Å². The lowest BCUT2D eigenvalue weighted by molar-refractivity contribution is 0.0539. The number of nitrogens with zero attached hydrogens (tertiary/aromatic N) is 3. The normalized spacial score (nSPS) is 20.8. The molecule has 0 amide bonds. The van der Waals surface area contributed by atoms with E-state index < -0.39 is 5.60 Å². The molecule has 2 aromatic rings. The number of anilines is 1. The summed E-state index contributed by atoms with van der Waals surface area (Å²) in [4.78, 5) is 17.9. The Bertz CT molecular complexity index is 955. The maximum absolute atomic E-state index is 13.2. The van der Waals surface area contributed by atoms with Crippen LogP contribution in [0.5, 0.6) is 0 Å². The molecule has 1 N–H and O–H groups in total. The SMILES string of the molecule is BN(C)C1CCc2c(c3cc(NC4CCN(C)CC4)ccc3n2C(=O)OC(C)(C)C)C1. The van der Waals surface area contributed by atoms with E-state index in [-0.39, 0.29) is 6.09 Å². The van der Waals surface area contributed by atoms with Gasteiger partial charge in [0.15, 0.2) is 7.98 Å². The number of rotatable bonds is 3. The Balaban J connectivity index is 1.72. The highest BCUT2D eigenvalue weighted by molar-refractivity contribution is 6.04. The fourth-order valence-corrected chi connectivity index (χ4v) is 4.98. The lowest BCUT2D eigenvalue weighted by Gasteiger charge is -2.30. The van der Waals surface area contributed by atoms with Gasteiger partial charge in [-0.1, -0.05) is 0 Å². The van der Waals surface area contributed by atoms with Crippen molar-refractivity contribution in [1.82, 2.24) is 14.3 Å². The van der Waals surface area contributed by atoms with E-state index in [1.165, 1.54) is 10.9 Å². The zero-order chi connectivity index (χ0) is 22.3. The molecule has 2 heterocycles. The third-order valence-electron chi connectivity index (χ3n) is 6.73. The molecule has 7 heteroatoms. The molecule has 2 aliphatic rings. The van der Waals surface area contributed by atoms with Gasteiger partial charge in [0.25, 0.3) is 0 Å². The number of carbonyl (C=O) groups is 1. The van der Waals surface area contributed by atoms with Crippen LogP contribution in [0.3, 0.4) is 0 Å². The summed E-state index contributed by atoms with van der Waals surface area (Å²) in [5.74, 6) is 0. The van der Waals surface area contributed by atoms with Crippen LogP contribution in [0, 0.1) is 0 Å². The molecule has 1 aliphatic carbocycles. The third-order valence-corrected chi connectivity index (χ3v) is 6.73. The topological polar surface area (TPSA) is 49.7 Å². The van der Waals surface area contributed by atoms with Crippen molar-refractivity contribution in [3.05, 3.63) is 29.5 Å². The van der Waals surface area contributed by atoms with Crippen molar-refractivity contribution in [3.8, 4) is 0 Å². The Kier molecular flexibility index (Phi) is 6.10. The van der Waals surface area contributed by atoms with Gasteiger partial charge < -0.3 is 19.8 Å². The van der Waals surface area contributed by atoms with E-state index in [0.717, 1.165) is 62.1 Å². The predicted octanol–water partition coefficient (Wildman–Crippen LogP) is 3.27. The Morgan fingerprint density at radius 1 is 1.23 bits per heavy atom. The fraction of sp³-hybridized carbons (Fsp3) is 0.625. The van der Waals surface area contributed by atoms with Gasteiger partial charge in [-0.15, -0.1) is 0 Å². The van der Waals surface area contributed by atoms with Gasteiger partial charge in [-0.2, -0.15) is 0 Å². The standard InChI is InChI=1S/C24H37BN4O2/c1-24(2,3)31-23(30)29-21-8-6-17(26-16-10-12-27(4)13-11-16)14-19(21)20-15-18(28(5)25)7-9-22(20)29/h6,8,14,16,18,26H,7,9-13,15,25H2,1-5H3. The van der Waals surface area contributed by atoms with Crippen LogP contribution in [0.15, 0.2) is 18.2 Å². The largest absolute Gasteiger partial charge is 0.443 e. The first-order valence-electron chi connectivity index (χ1n) is 11.6. The zero-order valence-corrected chi connectivity index (χ0v) is 20.0. The van der Waals surface area contributed by atoms with Crippen molar-refractivity contribution in [2.24, 2.45) is 0 Å². The van der Waals surface area contributed by atoms with Crippen molar-refractivity contribution in [3.63, 3.8) is 0 Å². The van der Waals surface area contributed by atoms with Gasteiger partial charge in [-0.25, -0.2) is 9.36 Å². The molecule has 1 aromatic heterocycles. The quantitative estimate of drug-likeness (QED) is 0.767. The van der Waals surface area contributed by atoms with Crippen LogP contribution in [0.4, 0.5) is 10.5 Å². The van der Waals surface area contributed by atoms with Crippen molar-refractivity contribution in [2.75, 3.05) is 32.5 Å². The minimum Gasteiger partial charge on any atom is -0.443 e. The van der Waals surface area contributed by atoms with Crippen molar-refractivity contribution in [2.45, 2.75) is 70.6 Å². The number of ether oxygens (including phenoxy) is 1. The minimum atomic E-state index is -0.517. The maximum Gasteiger partial charge on any atom is 0.419 e. The first kappa shape index (κ1) is 22.2. The summed E-state index contributed by atoms with van der Waals surface area (Å²) in [6.45, 7) is 8.04. The minimum absolute atomic E-state index is 0.266. The summed E-state index contributed by atoms with van der Waals surface area (Å²) in [6.07, 6.45) is 4.97. The molecular formula is C24H37BN4O2. The summed E-state index contributed by atoms with van der Waals surface area (Å²) < 4.78 is 7.62. The highest BCUT2D eigenvalue weighted by atomic mass is 16.6. The molecule has 0 radical (unpaired) electrons. The van der Waals surface area contributed by atoms with E-state index >= 15 is 0 Å². The van der Waals surface area contributed by atoms with E-state index in [1.807, 2.05) is 25.3 Å². The van der Waals surface area contributed by atoms with Crippen LogP contribution in [-0.4, -0.2) is 73.2 Å². The number of hydrogen-bond acceptors (Lipinski definition) is 5. The molecule has 31 heavy (non-hydrogen) atoms. The Morgan fingerprint density at radius 2 is 1.94 bits per heavy atom. The van der Waals surface area contributed by atoms with E-state index in [1.54, 1.807) is 0 Å². The highest BCUT2D eigenvalue weighted by Crippen LogP contribution is 2.35. The van der Waals surface area contributed by atoms with Crippen LogP contribution >= 0.6 is 0 Å². The summed E-state index contributed by atoms with van der Waals surface area (Å²) in [5.41, 5.74) is 4.03. The van der Waals surface area contributed by atoms with Crippen molar-refractivity contribution in [1.29, 1.82) is 0 Å². The molecule has 1 aliphatic heterocycles. The average Bonchev–Trinajstić information content (AvgIpc) is 3.01. The lowest BCUT2D eigenvalue weighted by Crippen LogP contribution is -2.36. The highest BCUT2D eigenvalue weighted by Gasteiger charge is 2.30. The van der Waals surface area contributed by atoms with E-state index in [2.05, 4.69) is 55.3 Å². The maximum atomic E-state index is 13.2. The van der Waals surface area contributed by atoms with Gasteiger partial charge in [-0.05, 0) is 104 Å². The number of carbonyl (C=O) groups excluding carboxylic acids is 1. The number of aromatic nitrogens is 1. The second kappa shape index (κ2) is 8.51. The number of likely N-dealkylation sites (tertiary alicyclic amines) is 1. The van der Waals surface area contributed by atoms with Crippen LogP contribution in [0.2, 0.25) is 0 Å². The van der Waals surface area contributed by atoms with Gasteiger partial charge in [0.2, 0.25) is 0 Å². The first-order valence-corrected chi connectivity index (χ1v) is 11.6. The Hall–Kier alpha value is -1.99. The van der Waals surface area contributed by atoms with Gasteiger partial charge in [-0.3, -0.25) is 0 Å². The van der Waals surface area contributed by atoms with Crippen molar-refractivity contribution >= 4 is 30.7 Å². The second-order valence-electron chi connectivity index (χ2n) is 10.6. The Morgan fingerprint density at radius 3 is 2.58 bits per heavy atom. The second-order valence-corrected chi connectivity index (χ2v) is 10.6. The van der Waals surface area contributed by atoms with E-state index in [4.69, 9.17) is 4.74 Å². The molecule has 168 valence electrons. The average molecular weight is 424 g/mol. The molecule has 6 nitrogen and oxygen atoms in total. The fourth-order valence-electron chi connectivity index (χ4n) is 4.98. The zero-order valence-electron chi connectivity index (χ0n) is 20.0. The summed E-state index contributed by atoms with van der Waals surface area (Å²) >= 11 is 0. The monoisotopic (exact) mass is 424 g/mol. The molecule has 1 atom stereocenters. The number of likely N-dealkylation sites (N-methyl/N-ethyl adjacent to an activating group) is 1. The molecule has 1 aromatic carbocycles. The van der Waals surface area contributed by atoms with Crippen LogP contribution in [0.1, 0.15) is 51.3 Å². The van der Waals surface area contributed by atoms with Gasteiger partial charge in [0.05, 0.1) is 5.52 Å². The summed E-state index contributed by atoms with van der Waals surface area (Å²) in [7, 11) is 6.49. The molecule has 0 bridgehead atoms.